The van der Waals surface area contributed by atoms with E-state index < -0.39 is 33.8 Å². The Morgan fingerprint density at radius 3 is 2.38 bits per heavy atom. The van der Waals surface area contributed by atoms with E-state index >= 15 is 4.79 Å². The van der Waals surface area contributed by atoms with Crippen LogP contribution in [0.3, 0.4) is 0 Å². The lowest BCUT2D eigenvalue weighted by Gasteiger charge is -2.42. The van der Waals surface area contributed by atoms with Crippen LogP contribution < -0.4 is 13.8 Å². The van der Waals surface area contributed by atoms with Gasteiger partial charge in [0.05, 0.1) is 50.3 Å². The van der Waals surface area contributed by atoms with Crippen molar-refractivity contribution in [3.05, 3.63) is 101 Å². The second kappa shape index (κ2) is 12.2. The first-order chi connectivity index (χ1) is 23.0. The molecule has 0 radical (unpaired) electrons. The molecule has 0 N–H and O–H groups in total. The van der Waals surface area contributed by atoms with Gasteiger partial charge in [-0.1, -0.05) is 31.5 Å². The molecule has 2 unspecified atom stereocenters. The average molecular weight is 694 g/mol. The molecule has 48 heavy (non-hydrogen) atoms. The highest BCUT2D eigenvalue weighted by atomic mass is 35.5. The molecule has 1 amide bonds. The summed E-state index contributed by atoms with van der Waals surface area (Å²) in [6, 6.07) is 15.7. The van der Waals surface area contributed by atoms with Crippen molar-refractivity contribution in [1.82, 2.24) is 9.88 Å². The first-order valence-electron chi connectivity index (χ1n) is 15.6. The van der Waals surface area contributed by atoms with Crippen molar-refractivity contribution in [1.29, 1.82) is 0 Å². The van der Waals surface area contributed by atoms with Gasteiger partial charge in [-0.25, -0.2) is 17.7 Å². The summed E-state index contributed by atoms with van der Waals surface area (Å²) in [7, 11) is -1.44. The molecule has 0 aliphatic carbocycles. The molecule has 11 nitrogen and oxygen atoms in total. The van der Waals surface area contributed by atoms with Gasteiger partial charge in [0.1, 0.15) is 17.8 Å². The number of sulfonamides is 1. The Kier molecular flexibility index (Phi) is 8.28. The molecule has 4 aromatic rings. The number of anilines is 1. The largest absolute Gasteiger partial charge is 0.497 e. The molecular weight excluding hydrogens is 658 g/mol. The lowest BCUT2D eigenvalue weighted by Crippen LogP contribution is -2.54. The molecule has 0 spiro atoms. The van der Waals surface area contributed by atoms with Crippen molar-refractivity contribution >= 4 is 33.2 Å². The third-order valence-corrected chi connectivity index (χ3v) is 11.2. The third kappa shape index (κ3) is 5.17. The molecule has 13 heteroatoms. The normalized spacial score (nSPS) is 23.0. The van der Waals surface area contributed by atoms with Crippen molar-refractivity contribution in [2.45, 2.75) is 49.5 Å². The van der Waals surface area contributed by atoms with Gasteiger partial charge in [0.25, 0.3) is 15.9 Å². The summed E-state index contributed by atoms with van der Waals surface area (Å²) < 4.78 is 59.4. The summed E-state index contributed by atoms with van der Waals surface area (Å²) in [5.74, 6) is 0.550. The summed E-state index contributed by atoms with van der Waals surface area (Å²) in [6.07, 6.45) is 3.63. The summed E-state index contributed by atoms with van der Waals surface area (Å²) >= 11 is 6.68. The topological polar surface area (TPSA) is 121 Å². The van der Waals surface area contributed by atoms with Crippen LogP contribution >= 0.6 is 11.6 Å². The highest BCUT2D eigenvalue weighted by Crippen LogP contribution is 2.57. The summed E-state index contributed by atoms with van der Waals surface area (Å²) in [5.41, 5.74) is -0.279. The number of halogens is 1. The number of methoxy groups -OCH3 is 2. The summed E-state index contributed by atoms with van der Waals surface area (Å²) in [4.78, 5) is 21.9. The number of carbonyl (C=O) groups excluding carboxylic acids is 1. The Balaban J connectivity index is 1.49. The molecule has 4 heterocycles. The van der Waals surface area contributed by atoms with Gasteiger partial charge in [-0.05, 0) is 67.4 Å². The number of amides is 1. The molecule has 1 aromatic heterocycles. The number of rotatable bonds is 8. The van der Waals surface area contributed by atoms with E-state index in [4.69, 9.17) is 35.0 Å². The molecule has 2 atom stereocenters. The van der Waals surface area contributed by atoms with Crippen LogP contribution in [0.15, 0.2) is 82.4 Å². The number of hydrogen-bond donors (Lipinski definition) is 0. The number of likely N-dealkylation sites (tertiary alicyclic amines) is 1. The van der Waals surface area contributed by atoms with Crippen molar-refractivity contribution in [3.63, 3.8) is 0 Å². The van der Waals surface area contributed by atoms with E-state index in [1.165, 1.54) is 32.6 Å². The Morgan fingerprint density at radius 2 is 1.71 bits per heavy atom. The Morgan fingerprint density at radius 1 is 0.958 bits per heavy atom. The van der Waals surface area contributed by atoms with Crippen LogP contribution in [0.25, 0.3) is 0 Å². The fourth-order valence-corrected chi connectivity index (χ4v) is 8.63. The molecule has 3 aliphatic rings. The fourth-order valence-electron chi connectivity index (χ4n) is 6.99. The monoisotopic (exact) mass is 693 g/mol. The molecule has 0 bridgehead atoms. The van der Waals surface area contributed by atoms with Crippen molar-refractivity contribution in [3.8, 4) is 11.5 Å². The van der Waals surface area contributed by atoms with Gasteiger partial charge >= 0.3 is 0 Å². The third-order valence-electron chi connectivity index (χ3n) is 9.22. The maximum atomic E-state index is 15.6. The Labute approximate surface area is 284 Å². The zero-order valence-electron chi connectivity index (χ0n) is 27.0. The summed E-state index contributed by atoms with van der Waals surface area (Å²) in [6.45, 7) is 5.47. The first kappa shape index (κ1) is 32.6. The van der Waals surface area contributed by atoms with E-state index in [0.717, 1.165) is 4.31 Å². The second-order valence-electron chi connectivity index (χ2n) is 12.9. The van der Waals surface area contributed by atoms with E-state index in [1.807, 2.05) is 17.0 Å². The van der Waals surface area contributed by atoms with Crippen LogP contribution in [-0.4, -0.2) is 58.2 Å². The van der Waals surface area contributed by atoms with Crippen molar-refractivity contribution in [2.24, 2.45) is 5.41 Å². The highest BCUT2D eigenvalue weighted by Gasteiger charge is 2.63. The van der Waals surface area contributed by atoms with Crippen LogP contribution in [0.1, 0.15) is 61.6 Å². The lowest BCUT2D eigenvalue weighted by molar-refractivity contribution is -0.226. The number of aromatic nitrogens is 1. The zero-order valence-corrected chi connectivity index (χ0v) is 28.6. The minimum Gasteiger partial charge on any atom is -0.497 e. The number of hydrogen-bond acceptors (Lipinski definition) is 10. The molecule has 3 aromatic carbocycles. The van der Waals surface area contributed by atoms with E-state index in [2.05, 4.69) is 18.8 Å². The van der Waals surface area contributed by atoms with Crippen LogP contribution in [0.2, 0.25) is 5.02 Å². The van der Waals surface area contributed by atoms with Crippen LogP contribution in [-0.2, 0) is 29.8 Å². The number of fused-ring (bicyclic) bond motifs is 1. The predicted molar refractivity (Wildman–Crippen MR) is 177 cm³/mol. The minimum atomic E-state index is -4.45. The maximum Gasteiger partial charge on any atom is 0.271 e. The van der Waals surface area contributed by atoms with Crippen molar-refractivity contribution < 1.29 is 36.6 Å². The average Bonchev–Trinajstić information content (AvgIpc) is 3.83. The van der Waals surface area contributed by atoms with Crippen molar-refractivity contribution in [2.75, 3.05) is 38.3 Å². The van der Waals surface area contributed by atoms with Gasteiger partial charge in [0.15, 0.2) is 11.8 Å². The van der Waals surface area contributed by atoms with Crippen LogP contribution in [0.5, 0.6) is 11.5 Å². The molecule has 7 rings (SSSR count). The maximum absolute atomic E-state index is 15.6. The quantitative estimate of drug-likeness (QED) is 0.210. The van der Waals surface area contributed by atoms with E-state index in [-0.39, 0.29) is 16.0 Å². The van der Waals surface area contributed by atoms with E-state index in [1.54, 1.807) is 42.6 Å². The van der Waals surface area contributed by atoms with Gasteiger partial charge in [0, 0.05) is 33.7 Å². The molecule has 2 saturated heterocycles. The second-order valence-corrected chi connectivity index (χ2v) is 15.1. The Hall–Kier alpha value is -3.94. The molecule has 3 aliphatic heterocycles. The first-order valence-corrected chi connectivity index (χ1v) is 17.4. The molecule has 252 valence electrons. The predicted octanol–water partition coefficient (Wildman–Crippen LogP) is 6.23. The minimum absolute atomic E-state index is 0.0774. The van der Waals surface area contributed by atoms with Gasteiger partial charge in [-0.15, -0.1) is 0 Å². The SMILES string of the molecule is COc1ccc(S(=O)(=O)N2C(=O)C(c3cc(C4OCC(C)(C)CO4)ccc3OC)(N3CCCC3c3ncco3)c3cc(Cl)ccc32)cc1. The van der Waals surface area contributed by atoms with Gasteiger partial charge in [0.2, 0.25) is 5.89 Å². The fraction of sp³-hybridized carbons (Fsp3) is 0.371. The lowest BCUT2D eigenvalue weighted by atomic mass is 9.80. The molecule has 2 fully saturated rings. The van der Waals surface area contributed by atoms with Gasteiger partial charge < -0.3 is 23.4 Å². The van der Waals surface area contributed by atoms with Gasteiger partial charge in [-0.2, -0.15) is 0 Å². The Bertz CT molecular complexity index is 1940. The molecule has 0 saturated carbocycles. The zero-order chi connectivity index (χ0) is 33.8. The molecular formula is C35H36ClN3O8S. The number of carbonyl (C=O) groups is 1. The number of ether oxygens (including phenoxy) is 4. The van der Waals surface area contributed by atoms with Gasteiger partial charge in [-0.3, -0.25) is 9.69 Å². The standard InChI is InChI=1S/C35H36ClN3O8S/c1-34(2)20-46-32(47-21-34)22-7-14-30(44-4)27(18-22)35(38-16-5-6-29(38)31-37-15-17-45-31)26-19-23(36)8-13-28(26)39(33(35)40)48(41,42)25-11-9-24(43-3)10-12-25/h7-15,17-19,29,32H,5-6,16,20-21H2,1-4H3. The summed E-state index contributed by atoms with van der Waals surface area (Å²) in [5, 5.41) is 0.331. The van der Waals surface area contributed by atoms with Crippen LogP contribution in [0.4, 0.5) is 5.69 Å². The highest BCUT2D eigenvalue weighted by molar-refractivity contribution is 7.93. The van der Waals surface area contributed by atoms with E-state index in [9.17, 15) is 8.42 Å². The number of nitrogens with zero attached hydrogens (tertiary/aromatic N) is 3. The van der Waals surface area contributed by atoms with E-state index in [0.29, 0.717) is 71.7 Å². The smallest absolute Gasteiger partial charge is 0.271 e. The number of oxazole rings is 1. The van der Waals surface area contributed by atoms with Crippen LogP contribution in [0, 0.1) is 5.41 Å². The number of benzene rings is 3.